The fraction of sp³-hybridized carbons (Fsp3) is 0.375. The van der Waals surface area contributed by atoms with E-state index in [1.165, 1.54) is 11.1 Å². The topological polar surface area (TPSA) is 78.6 Å². The van der Waals surface area contributed by atoms with E-state index in [1.807, 2.05) is 19.1 Å². The highest BCUT2D eigenvalue weighted by Gasteiger charge is 2.20. The second-order valence-corrected chi connectivity index (χ2v) is 5.56. The zero-order valence-corrected chi connectivity index (χ0v) is 13.7. The molecule has 0 radical (unpaired) electrons. The van der Waals surface area contributed by atoms with Gasteiger partial charge in [0.1, 0.15) is 0 Å². The second-order valence-electron chi connectivity index (χ2n) is 5.13. The summed E-state index contributed by atoms with van der Waals surface area (Å²) in [4.78, 5) is 14.1. The average Bonchev–Trinajstić information content (AvgIpc) is 2.92. The van der Waals surface area contributed by atoms with Gasteiger partial charge in [-0.25, -0.2) is 4.68 Å². The van der Waals surface area contributed by atoms with Crippen molar-refractivity contribution in [2.45, 2.75) is 13.3 Å². The van der Waals surface area contributed by atoms with E-state index >= 15 is 0 Å². The molecule has 0 unspecified atom stereocenters. The molecular weight excluding hydrogens is 318 g/mol. The highest BCUT2D eigenvalue weighted by atomic mass is 35.5. The summed E-state index contributed by atoms with van der Waals surface area (Å²) in [7, 11) is 0. The molecule has 23 heavy (non-hydrogen) atoms. The maximum atomic E-state index is 12.6. The lowest BCUT2D eigenvalue weighted by Crippen LogP contribution is -2.35. The van der Waals surface area contributed by atoms with Crippen molar-refractivity contribution in [2.24, 2.45) is 0 Å². The Balaban J connectivity index is 2.28. The number of rotatable bonds is 7. The van der Waals surface area contributed by atoms with E-state index in [9.17, 15) is 4.79 Å². The minimum Gasteiger partial charge on any atom is -0.396 e. The van der Waals surface area contributed by atoms with Crippen LogP contribution >= 0.6 is 11.6 Å². The molecule has 0 aliphatic heterocycles. The van der Waals surface area contributed by atoms with E-state index in [-0.39, 0.29) is 25.7 Å². The smallest absolute Gasteiger partial charge is 0.257 e. The number of nitrogens with zero attached hydrogens (tertiary/aromatic N) is 3. The van der Waals surface area contributed by atoms with Gasteiger partial charge in [0.25, 0.3) is 5.91 Å². The van der Waals surface area contributed by atoms with E-state index in [2.05, 4.69) is 5.10 Å². The number of hydrogen-bond donors (Lipinski definition) is 2. The number of carbonyl (C=O) groups is 1. The summed E-state index contributed by atoms with van der Waals surface area (Å²) in [6, 6.07) is 7.22. The molecule has 1 amide bonds. The summed E-state index contributed by atoms with van der Waals surface area (Å²) in [5.41, 5.74) is 1.94. The molecule has 0 atom stereocenters. The molecule has 124 valence electrons. The number of amides is 1. The number of halogens is 1. The molecule has 0 saturated heterocycles. The van der Waals surface area contributed by atoms with Gasteiger partial charge in [0.2, 0.25) is 0 Å². The molecule has 0 aliphatic rings. The Bertz CT molecular complexity index is 672. The van der Waals surface area contributed by atoms with Crippen molar-refractivity contribution in [3.63, 3.8) is 0 Å². The Morgan fingerprint density at radius 1 is 1.30 bits per heavy atom. The Kier molecular flexibility index (Phi) is 6.15. The lowest BCUT2D eigenvalue weighted by molar-refractivity contribution is 0.0709. The molecule has 0 saturated carbocycles. The third-order valence-corrected chi connectivity index (χ3v) is 3.77. The molecule has 1 aromatic carbocycles. The highest BCUT2D eigenvalue weighted by molar-refractivity contribution is 6.30. The summed E-state index contributed by atoms with van der Waals surface area (Å²) in [5.74, 6) is -0.210. The van der Waals surface area contributed by atoms with Crippen LogP contribution in [0.3, 0.4) is 0 Å². The van der Waals surface area contributed by atoms with Crippen molar-refractivity contribution in [1.29, 1.82) is 0 Å². The monoisotopic (exact) mass is 337 g/mol. The first-order valence-corrected chi connectivity index (χ1v) is 7.78. The van der Waals surface area contributed by atoms with Gasteiger partial charge in [0.15, 0.2) is 0 Å². The van der Waals surface area contributed by atoms with Crippen molar-refractivity contribution in [3.05, 3.63) is 46.7 Å². The first-order chi connectivity index (χ1) is 11.1. The Labute approximate surface area is 139 Å². The fourth-order valence-corrected chi connectivity index (χ4v) is 2.54. The first kappa shape index (κ1) is 17.5. The minimum atomic E-state index is -0.210. The van der Waals surface area contributed by atoms with Crippen LogP contribution in [0.15, 0.2) is 30.5 Å². The van der Waals surface area contributed by atoms with Crippen LogP contribution in [0.25, 0.3) is 5.69 Å². The molecule has 0 aliphatic carbocycles. The van der Waals surface area contributed by atoms with Gasteiger partial charge in [-0.3, -0.25) is 4.79 Å². The molecule has 1 aromatic heterocycles. The predicted molar refractivity (Wildman–Crippen MR) is 88.0 cm³/mol. The van der Waals surface area contributed by atoms with Gasteiger partial charge >= 0.3 is 0 Å². The quantitative estimate of drug-likeness (QED) is 0.805. The van der Waals surface area contributed by atoms with Gasteiger partial charge < -0.3 is 15.1 Å². The summed E-state index contributed by atoms with van der Waals surface area (Å²) in [5, 5.41) is 22.9. The third kappa shape index (κ3) is 4.10. The van der Waals surface area contributed by atoms with Crippen LogP contribution in [0.1, 0.15) is 22.5 Å². The van der Waals surface area contributed by atoms with Crippen LogP contribution in [0.4, 0.5) is 0 Å². The van der Waals surface area contributed by atoms with Crippen molar-refractivity contribution < 1.29 is 15.0 Å². The van der Waals surface area contributed by atoms with Crippen LogP contribution in [0.5, 0.6) is 0 Å². The summed E-state index contributed by atoms with van der Waals surface area (Å²) in [6.07, 6.45) is 1.98. The number of benzene rings is 1. The fourth-order valence-electron chi connectivity index (χ4n) is 2.36. The third-order valence-electron chi connectivity index (χ3n) is 3.54. The van der Waals surface area contributed by atoms with Gasteiger partial charge in [-0.05, 0) is 31.5 Å². The Morgan fingerprint density at radius 3 is 2.74 bits per heavy atom. The van der Waals surface area contributed by atoms with Gasteiger partial charge in [-0.15, -0.1) is 0 Å². The van der Waals surface area contributed by atoms with E-state index in [0.29, 0.717) is 29.2 Å². The standard InChI is InChI=1S/C16H20ClN3O3/c1-12-15(16(23)19(7-9-22)6-3-8-21)11-18-20(12)14-5-2-4-13(17)10-14/h2,4-5,10-11,21-22H,3,6-9H2,1H3. The van der Waals surface area contributed by atoms with E-state index < -0.39 is 0 Å². The van der Waals surface area contributed by atoms with Gasteiger partial charge in [-0.1, -0.05) is 17.7 Å². The molecule has 0 fully saturated rings. The molecule has 6 nitrogen and oxygen atoms in total. The van der Waals surface area contributed by atoms with Crippen LogP contribution in [-0.2, 0) is 0 Å². The van der Waals surface area contributed by atoms with Crippen molar-refractivity contribution in [1.82, 2.24) is 14.7 Å². The maximum absolute atomic E-state index is 12.6. The zero-order valence-electron chi connectivity index (χ0n) is 12.9. The minimum absolute atomic E-state index is 0.00400. The number of carbonyl (C=O) groups excluding carboxylic acids is 1. The SMILES string of the molecule is Cc1c(C(=O)N(CCO)CCCO)cnn1-c1cccc(Cl)c1. The molecule has 7 heteroatoms. The molecule has 2 N–H and O–H groups in total. The summed E-state index contributed by atoms with van der Waals surface area (Å²) < 4.78 is 1.66. The molecule has 0 spiro atoms. The van der Waals surface area contributed by atoms with E-state index in [4.69, 9.17) is 21.8 Å². The molecule has 2 aromatic rings. The lowest BCUT2D eigenvalue weighted by atomic mass is 10.2. The first-order valence-electron chi connectivity index (χ1n) is 7.40. The number of aromatic nitrogens is 2. The molecule has 0 bridgehead atoms. The van der Waals surface area contributed by atoms with Gasteiger partial charge in [-0.2, -0.15) is 5.10 Å². The summed E-state index contributed by atoms with van der Waals surface area (Å²) >= 11 is 6.00. The van der Waals surface area contributed by atoms with Crippen molar-refractivity contribution in [3.8, 4) is 5.69 Å². The van der Waals surface area contributed by atoms with E-state index in [1.54, 1.807) is 16.8 Å². The van der Waals surface area contributed by atoms with E-state index in [0.717, 1.165) is 5.69 Å². The largest absolute Gasteiger partial charge is 0.396 e. The van der Waals surface area contributed by atoms with Crippen LogP contribution in [-0.4, -0.2) is 57.1 Å². The molecular formula is C16H20ClN3O3. The zero-order chi connectivity index (χ0) is 16.8. The number of hydrogen-bond acceptors (Lipinski definition) is 4. The van der Waals surface area contributed by atoms with Gasteiger partial charge in [0.05, 0.1) is 29.7 Å². The van der Waals surface area contributed by atoms with Crippen molar-refractivity contribution in [2.75, 3.05) is 26.3 Å². The molecule has 2 rings (SSSR count). The number of aliphatic hydroxyl groups excluding tert-OH is 2. The van der Waals surface area contributed by atoms with Crippen LogP contribution in [0.2, 0.25) is 5.02 Å². The Hall–Kier alpha value is -1.89. The Morgan fingerprint density at radius 2 is 2.09 bits per heavy atom. The normalized spacial score (nSPS) is 10.8. The predicted octanol–water partition coefficient (Wildman–Crippen LogP) is 1.65. The molecule has 1 heterocycles. The van der Waals surface area contributed by atoms with Crippen molar-refractivity contribution >= 4 is 17.5 Å². The van der Waals surface area contributed by atoms with Gasteiger partial charge in [0, 0.05) is 24.7 Å². The lowest BCUT2D eigenvalue weighted by Gasteiger charge is -2.21. The summed E-state index contributed by atoms with van der Waals surface area (Å²) in [6.45, 7) is 2.29. The number of aliphatic hydroxyl groups is 2. The maximum Gasteiger partial charge on any atom is 0.257 e. The van der Waals surface area contributed by atoms with Crippen LogP contribution in [0, 0.1) is 6.92 Å². The second kappa shape index (κ2) is 8.10. The average molecular weight is 338 g/mol. The van der Waals surface area contributed by atoms with Crippen LogP contribution < -0.4 is 0 Å². The highest BCUT2D eigenvalue weighted by Crippen LogP contribution is 2.19.